The number of anilines is 3. The second-order valence-electron chi connectivity index (χ2n) is 10.1. The van der Waals surface area contributed by atoms with Crippen molar-refractivity contribution >= 4 is 28.0 Å². The van der Waals surface area contributed by atoms with E-state index in [4.69, 9.17) is 24.7 Å². The van der Waals surface area contributed by atoms with Crippen LogP contribution in [0.25, 0.3) is 44.4 Å². The number of para-hydroxylation sites is 2. The maximum Gasteiger partial charge on any atom is 0.0950 e. The molecule has 0 atom stereocenters. The van der Waals surface area contributed by atoms with Crippen molar-refractivity contribution in [1.29, 1.82) is 0 Å². The number of pyridine rings is 1. The number of rotatable bonds is 5. The molecular weight excluding hydrogens is 532 g/mol. The molecule has 2 heteroatoms. The molecule has 6 aromatic carbocycles. The number of nitrogens with zero attached hydrogens (tertiary/aromatic N) is 2. The molecule has 0 aliphatic heterocycles. The van der Waals surface area contributed by atoms with E-state index in [1.54, 1.807) is 0 Å². The fraction of sp³-hybridized carbons (Fsp3) is 0.0714. The molecule has 0 saturated heterocycles. The van der Waals surface area contributed by atoms with E-state index in [-0.39, 0.29) is 22.3 Å². The Bertz CT molecular complexity index is 3460. The van der Waals surface area contributed by atoms with Crippen molar-refractivity contribution < 1.29 is 34.3 Å². The first-order chi connectivity index (χ1) is 32.0. The Hall–Kier alpha value is -5.47. The SMILES string of the molecule is [2H]c1cc(-c2nc3c([2H])c([2H])c([2H])c([2H])c3c([2H])c2N(c2c([2H])c([2H])c([2H])c([2H])c2[2H])c2c([2H])c([2H])c(-c3c([2H])c([2H])c([2H])c([2H])c3[2H])c([2H])c2[2H])c([2H])c2c1-c1c([2H])c([2H])c([2H])c([2H])c1C2(C)C. The molecule has 0 N–H and O–H groups in total. The largest absolute Gasteiger partial charge is 0.308 e. The summed E-state index contributed by atoms with van der Waals surface area (Å²) < 4.78 is 222. The van der Waals surface area contributed by atoms with Crippen LogP contribution in [-0.4, -0.2) is 4.98 Å². The van der Waals surface area contributed by atoms with Crippen molar-refractivity contribution in [1.82, 2.24) is 4.98 Å². The predicted molar refractivity (Wildman–Crippen MR) is 185 cm³/mol. The van der Waals surface area contributed by atoms with Crippen LogP contribution in [0.15, 0.2) is 157 Å². The van der Waals surface area contributed by atoms with Gasteiger partial charge in [0.25, 0.3) is 0 Å². The zero-order valence-corrected chi connectivity index (χ0v) is 23.0. The summed E-state index contributed by atoms with van der Waals surface area (Å²) in [5, 5.41) is -0.668. The number of hydrogen-bond donors (Lipinski definition) is 0. The highest BCUT2D eigenvalue weighted by Gasteiger charge is 2.35. The van der Waals surface area contributed by atoms with E-state index in [2.05, 4.69) is 4.98 Å². The summed E-state index contributed by atoms with van der Waals surface area (Å²) in [6, 6.07) is -20.7. The highest BCUT2D eigenvalue weighted by atomic mass is 15.2. The normalized spacial score (nSPS) is 20.9. The van der Waals surface area contributed by atoms with Crippen molar-refractivity contribution in [2.45, 2.75) is 19.3 Å². The minimum Gasteiger partial charge on any atom is -0.308 e. The lowest BCUT2D eigenvalue weighted by atomic mass is 9.82. The Morgan fingerprint density at radius 2 is 1.16 bits per heavy atom. The van der Waals surface area contributed by atoms with Gasteiger partial charge in [-0.3, -0.25) is 0 Å². The smallest absolute Gasteiger partial charge is 0.0950 e. The van der Waals surface area contributed by atoms with Gasteiger partial charge in [0.1, 0.15) is 0 Å². The first-order valence-corrected chi connectivity index (χ1v) is 13.2. The molecule has 0 fully saturated rings. The lowest BCUT2D eigenvalue weighted by molar-refractivity contribution is 0.660. The molecule has 0 spiro atoms. The molecule has 0 saturated carbocycles. The molecular formula is C42H32N2. The van der Waals surface area contributed by atoms with E-state index in [0.717, 1.165) is 6.07 Å². The molecule has 1 aromatic heterocycles. The summed E-state index contributed by atoms with van der Waals surface area (Å²) in [5.74, 6) is 0. The van der Waals surface area contributed by atoms with Crippen molar-refractivity contribution in [2.24, 2.45) is 0 Å². The Labute approximate surface area is 294 Å². The van der Waals surface area contributed by atoms with Crippen LogP contribution < -0.4 is 4.90 Å². The van der Waals surface area contributed by atoms with Crippen LogP contribution in [0.4, 0.5) is 17.1 Å². The molecule has 0 bridgehead atoms. The molecule has 1 aliphatic carbocycles. The molecule has 0 unspecified atom stereocenters. The fourth-order valence-corrected chi connectivity index (χ4v) is 5.12. The van der Waals surface area contributed by atoms with Gasteiger partial charge in [-0.1, -0.05) is 129 Å². The van der Waals surface area contributed by atoms with Gasteiger partial charge in [0.05, 0.1) is 51.2 Å². The van der Waals surface area contributed by atoms with Gasteiger partial charge in [-0.25, -0.2) is 4.98 Å². The van der Waals surface area contributed by atoms with Crippen LogP contribution >= 0.6 is 0 Å². The fourth-order valence-electron chi connectivity index (χ4n) is 5.12. The van der Waals surface area contributed by atoms with Gasteiger partial charge in [-0.2, -0.15) is 0 Å². The molecule has 1 aliphatic rings. The van der Waals surface area contributed by atoms with Gasteiger partial charge >= 0.3 is 0 Å². The molecule has 8 rings (SSSR count). The zero-order chi connectivity index (χ0) is 51.4. The van der Waals surface area contributed by atoms with Crippen molar-refractivity contribution in [3.05, 3.63) is 168 Å². The minimum atomic E-state index is -1.50. The van der Waals surface area contributed by atoms with Crippen LogP contribution in [-0.2, 0) is 5.41 Å². The predicted octanol–water partition coefficient (Wildman–Crippen LogP) is 11.3. The van der Waals surface area contributed by atoms with Crippen LogP contribution in [0, 0.1) is 0 Å². The Balaban J connectivity index is 1.63. The summed E-state index contributed by atoms with van der Waals surface area (Å²) >= 11 is 0. The van der Waals surface area contributed by atoms with E-state index >= 15 is 0 Å². The number of fused-ring (bicyclic) bond motifs is 4. The first-order valence-electron chi connectivity index (χ1n) is 25.7. The topological polar surface area (TPSA) is 16.1 Å². The average molecular weight is 590 g/mol. The molecule has 7 aromatic rings. The molecule has 0 amide bonds. The maximum absolute atomic E-state index is 9.86. The summed E-state index contributed by atoms with van der Waals surface area (Å²) in [5.41, 5.74) is -7.91. The number of hydrogen-bond acceptors (Lipinski definition) is 2. The second-order valence-corrected chi connectivity index (χ2v) is 10.1. The Morgan fingerprint density at radius 3 is 1.95 bits per heavy atom. The highest BCUT2D eigenvalue weighted by molar-refractivity contribution is 5.95. The van der Waals surface area contributed by atoms with Crippen molar-refractivity contribution in [3.8, 4) is 33.5 Å². The monoisotopic (exact) mass is 589 g/mol. The van der Waals surface area contributed by atoms with Gasteiger partial charge in [-0.05, 0) is 75.7 Å². The standard InChI is InChI=1S/C42H32N2/c1-42(2)37-19-11-10-18-35(37)36-26-23-32(27-38(36)42)41-40(28-31-15-9-12-20-39(31)43-41)44(33-16-7-4-8-17-33)34-24-21-30(22-25-34)29-13-5-3-6-14-29/h3-28H,1-2H3/i3D,4D,5D,6D,7D,8D,9D,10D,11D,12D,13D,14D,15D,16D,17D,18D,19D,20D,21D,22D,24D,25D,26D,27D,28D. The third-order valence-corrected chi connectivity index (χ3v) is 7.19. The number of benzene rings is 6. The highest BCUT2D eigenvalue weighted by Crippen LogP contribution is 2.50. The van der Waals surface area contributed by atoms with Crippen LogP contribution in [0.5, 0.6) is 0 Å². The molecule has 1 heterocycles. The van der Waals surface area contributed by atoms with Crippen LogP contribution in [0.3, 0.4) is 0 Å². The van der Waals surface area contributed by atoms with E-state index in [0.29, 0.717) is 4.90 Å². The van der Waals surface area contributed by atoms with E-state index in [1.165, 1.54) is 13.8 Å². The quantitative estimate of drug-likeness (QED) is 0.198. The van der Waals surface area contributed by atoms with E-state index in [9.17, 15) is 9.60 Å². The first kappa shape index (κ1) is 10.9. The third kappa shape index (κ3) is 4.30. The van der Waals surface area contributed by atoms with Gasteiger partial charge < -0.3 is 4.90 Å². The molecule has 44 heavy (non-hydrogen) atoms. The summed E-state index contributed by atoms with van der Waals surface area (Å²) in [7, 11) is 0. The lowest BCUT2D eigenvalue weighted by Crippen LogP contribution is -2.15. The maximum atomic E-state index is 9.86. The summed E-state index contributed by atoms with van der Waals surface area (Å²) in [6.07, 6.45) is 0. The van der Waals surface area contributed by atoms with Gasteiger partial charge in [0.15, 0.2) is 0 Å². The van der Waals surface area contributed by atoms with Crippen molar-refractivity contribution in [3.63, 3.8) is 0 Å². The van der Waals surface area contributed by atoms with Crippen molar-refractivity contribution in [2.75, 3.05) is 4.90 Å². The summed E-state index contributed by atoms with van der Waals surface area (Å²) in [4.78, 5) is 5.11. The third-order valence-electron chi connectivity index (χ3n) is 7.19. The van der Waals surface area contributed by atoms with Crippen LogP contribution in [0.1, 0.15) is 59.2 Å². The molecule has 2 nitrogen and oxygen atoms in total. The second kappa shape index (κ2) is 10.4. The van der Waals surface area contributed by atoms with E-state index < -0.39 is 207 Å². The van der Waals surface area contributed by atoms with Gasteiger partial charge in [0.2, 0.25) is 0 Å². The van der Waals surface area contributed by atoms with Gasteiger partial charge in [0, 0.05) is 27.7 Å². The average Bonchev–Trinajstić information content (AvgIpc) is 3.57. The van der Waals surface area contributed by atoms with Gasteiger partial charge in [-0.15, -0.1) is 0 Å². The molecule has 0 radical (unpaired) electrons. The number of aromatic nitrogens is 1. The Kier molecular flexibility index (Phi) is 2.57. The zero-order valence-electron chi connectivity index (χ0n) is 48.0. The van der Waals surface area contributed by atoms with Crippen LogP contribution in [0.2, 0.25) is 0 Å². The minimum absolute atomic E-state index is 0.0215. The van der Waals surface area contributed by atoms with E-state index in [1.807, 2.05) is 0 Å². The molecule has 210 valence electrons. The summed E-state index contributed by atoms with van der Waals surface area (Å²) in [6.45, 7) is 3.06. The lowest BCUT2D eigenvalue weighted by Gasteiger charge is -2.28. The Morgan fingerprint density at radius 1 is 0.545 bits per heavy atom.